The molecule has 0 unspecified atom stereocenters. The SMILES string of the molecule is Cc1ccsc1C(=O)N1C(=O)c2cccc(N)c2C1=O. The van der Waals surface area contributed by atoms with Gasteiger partial charge >= 0.3 is 0 Å². The van der Waals surface area contributed by atoms with Gasteiger partial charge in [0, 0.05) is 5.69 Å². The summed E-state index contributed by atoms with van der Waals surface area (Å²) in [5, 5.41) is 1.75. The number of nitrogens with zero attached hydrogens (tertiary/aromatic N) is 1. The molecule has 1 aromatic carbocycles. The highest BCUT2D eigenvalue weighted by Gasteiger charge is 2.42. The van der Waals surface area contributed by atoms with Crippen LogP contribution in [-0.4, -0.2) is 22.6 Å². The van der Waals surface area contributed by atoms with Gasteiger partial charge in [0.05, 0.1) is 16.0 Å². The highest BCUT2D eigenvalue weighted by Crippen LogP contribution is 2.30. The van der Waals surface area contributed by atoms with Crippen LogP contribution in [0.5, 0.6) is 0 Å². The number of hydrogen-bond donors (Lipinski definition) is 1. The third-order valence-electron chi connectivity index (χ3n) is 3.21. The smallest absolute Gasteiger partial charge is 0.278 e. The summed E-state index contributed by atoms with van der Waals surface area (Å²) >= 11 is 1.20. The van der Waals surface area contributed by atoms with Crippen LogP contribution in [0, 0.1) is 6.92 Å². The molecule has 1 aliphatic rings. The number of amides is 3. The third-order valence-corrected chi connectivity index (χ3v) is 4.21. The predicted molar refractivity (Wildman–Crippen MR) is 74.7 cm³/mol. The van der Waals surface area contributed by atoms with E-state index in [1.54, 1.807) is 24.4 Å². The minimum Gasteiger partial charge on any atom is -0.398 e. The maximum Gasteiger partial charge on any atom is 0.278 e. The van der Waals surface area contributed by atoms with Crippen molar-refractivity contribution in [3.8, 4) is 0 Å². The first kappa shape index (κ1) is 12.6. The Balaban J connectivity index is 2.09. The quantitative estimate of drug-likeness (QED) is 0.643. The maximum absolute atomic E-state index is 12.4. The summed E-state index contributed by atoms with van der Waals surface area (Å²) in [6.45, 7) is 1.76. The van der Waals surface area contributed by atoms with Crippen LogP contribution < -0.4 is 5.73 Å². The standard InChI is InChI=1S/C14H10N2O3S/c1-7-5-6-20-11(7)14(19)16-12(17)8-3-2-4-9(15)10(8)13(16)18/h2-6H,15H2,1H3. The van der Waals surface area contributed by atoms with E-state index in [-0.39, 0.29) is 16.8 Å². The number of hydrogen-bond acceptors (Lipinski definition) is 5. The third kappa shape index (κ3) is 1.58. The van der Waals surface area contributed by atoms with Crippen LogP contribution in [0.1, 0.15) is 36.0 Å². The first-order chi connectivity index (χ1) is 9.52. The first-order valence-electron chi connectivity index (χ1n) is 5.88. The lowest BCUT2D eigenvalue weighted by atomic mass is 10.1. The van der Waals surface area contributed by atoms with Gasteiger partial charge < -0.3 is 5.73 Å². The number of rotatable bonds is 1. The van der Waals surface area contributed by atoms with E-state index in [0.717, 1.165) is 5.56 Å². The molecule has 3 rings (SSSR count). The van der Waals surface area contributed by atoms with E-state index in [4.69, 9.17) is 5.73 Å². The molecule has 2 aromatic rings. The van der Waals surface area contributed by atoms with Crippen molar-refractivity contribution in [2.75, 3.05) is 5.73 Å². The molecule has 3 amide bonds. The van der Waals surface area contributed by atoms with Gasteiger partial charge in [0.1, 0.15) is 0 Å². The number of fused-ring (bicyclic) bond motifs is 1. The number of nitrogens with two attached hydrogens (primary N) is 1. The molecule has 0 atom stereocenters. The number of benzene rings is 1. The Labute approximate surface area is 118 Å². The van der Waals surface area contributed by atoms with Crippen molar-refractivity contribution in [2.24, 2.45) is 0 Å². The van der Waals surface area contributed by atoms with Crippen molar-refractivity contribution in [1.29, 1.82) is 0 Å². The van der Waals surface area contributed by atoms with Crippen molar-refractivity contribution in [3.63, 3.8) is 0 Å². The summed E-state index contributed by atoms with van der Waals surface area (Å²) in [4.78, 5) is 38.0. The van der Waals surface area contributed by atoms with Gasteiger partial charge in [-0.3, -0.25) is 14.4 Å². The fraction of sp³-hybridized carbons (Fsp3) is 0.0714. The van der Waals surface area contributed by atoms with Crippen molar-refractivity contribution >= 4 is 34.7 Å². The number of anilines is 1. The van der Waals surface area contributed by atoms with E-state index in [0.29, 0.717) is 9.78 Å². The van der Waals surface area contributed by atoms with Crippen LogP contribution in [0.15, 0.2) is 29.6 Å². The van der Waals surface area contributed by atoms with Crippen LogP contribution in [0.2, 0.25) is 0 Å². The monoisotopic (exact) mass is 286 g/mol. The van der Waals surface area contributed by atoms with Crippen LogP contribution >= 0.6 is 11.3 Å². The normalized spacial score (nSPS) is 13.8. The van der Waals surface area contributed by atoms with Crippen LogP contribution in [0.25, 0.3) is 0 Å². The first-order valence-corrected chi connectivity index (χ1v) is 6.76. The molecule has 100 valence electrons. The summed E-state index contributed by atoms with van der Waals surface area (Å²) in [5.74, 6) is -1.86. The fourth-order valence-electron chi connectivity index (χ4n) is 2.19. The Bertz CT molecular complexity index is 756. The Morgan fingerprint density at radius 1 is 1.20 bits per heavy atom. The summed E-state index contributed by atoms with van der Waals surface area (Å²) < 4.78 is 0. The van der Waals surface area contributed by atoms with Gasteiger partial charge in [-0.2, -0.15) is 0 Å². The molecule has 0 aliphatic carbocycles. The summed E-state index contributed by atoms with van der Waals surface area (Å²) in [6, 6.07) is 6.39. The highest BCUT2D eigenvalue weighted by atomic mass is 32.1. The minimum absolute atomic E-state index is 0.111. The number of thiophene rings is 1. The molecular formula is C14H10N2O3S. The van der Waals surface area contributed by atoms with Gasteiger partial charge in [0.2, 0.25) is 0 Å². The molecule has 1 aliphatic heterocycles. The molecule has 2 heterocycles. The second-order valence-electron chi connectivity index (χ2n) is 4.45. The molecule has 2 N–H and O–H groups in total. The Morgan fingerprint density at radius 3 is 2.55 bits per heavy atom. The van der Waals surface area contributed by atoms with Gasteiger partial charge in [0.25, 0.3) is 17.7 Å². The van der Waals surface area contributed by atoms with Crippen molar-refractivity contribution in [1.82, 2.24) is 4.90 Å². The second kappa shape index (κ2) is 4.28. The predicted octanol–water partition coefficient (Wildman–Crippen LogP) is 2.08. The lowest BCUT2D eigenvalue weighted by Gasteiger charge is -2.11. The summed E-state index contributed by atoms with van der Waals surface area (Å²) in [5.41, 5.74) is 6.96. The van der Waals surface area contributed by atoms with Gasteiger partial charge in [-0.15, -0.1) is 11.3 Å². The summed E-state index contributed by atoms with van der Waals surface area (Å²) in [6.07, 6.45) is 0. The van der Waals surface area contributed by atoms with E-state index in [2.05, 4.69) is 0 Å². The molecule has 0 bridgehead atoms. The molecule has 1 aromatic heterocycles. The number of aryl methyl sites for hydroxylation is 1. The lowest BCUT2D eigenvalue weighted by Crippen LogP contribution is -2.36. The van der Waals surface area contributed by atoms with Gasteiger partial charge in [0.15, 0.2) is 0 Å². The number of carbonyl (C=O) groups is 3. The molecule has 0 saturated carbocycles. The Morgan fingerprint density at radius 2 is 1.95 bits per heavy atom. The number of nitrogen functional groups attached to an aromatic ring is 1. The van der Waals surface area contributed by atoms with E-state index in [1.165, 1.54) is 23.5 Å². The number of imide groups is 3. The van der Waals surface area contributed by atoms with E-state index in [1.807, 2.05) is 0 Å². The second-order valence-corrected chi connectivity index (χ2v) is 5.37. The fourth-order valence-corrected chi connectivity index (χ4v) is 3.04. The Hall–Kier alpha value is -2.47. The molecule has 0 spiro atoms. The molecular weight excluding hydrogens is 276 g/mol. The van der Waals surface area contributed by atoms with E-state index in [9.17, 15) is 14.4 Å². The number of carbonyl (C=O) groups excluding carboxylic acids is 3. The van der Waals surface area contributed by atoms with Crippen LogP contribution in [0.4, 0.5) is 5.69 Å². The van der Waals surface area contributed by atoms with Gasteiger partial charge in [-0.05, 0) is 36.1 Å². The van der Waals surface area contributed by atoms with Crippen molar-refractivity contribution in [2.45, 2.75) is 6.92 Å². The summed E-state index contributed by atoms with van der Waals surface area (Å²) in [7, 11) is 0. The molecule has 5 nitrogen and oxygen atoms in total. The maximum atomic E-state index is 12.4. The average Bonchev–Trinajstić information content (AvgIpc) is 2.93. The molecule has 0 saturated heterocycles. The topological polar surface area (TPSA) is 80.5 Å². The zero-order valence-corrected chi connectivity index (χ0v) is 11.4. The zero-order chi connectivity index (χ0) is 14.4. The van der Waals surface area contributed by atoms with Crippen molar-refractivity contribution in [3.05, 3.63) is 51.2 Å². The lowest BCUT2D eigenvalue weighted by molar-refractivity contribution is 0.0568. The zero-order valence-electron chi connectivity index (χ0n) is 10.5. The highest BCUT2D eigenvalue weighted by molar-refractivity contribution is 7.12. The minimum atomic E-state index is -0.652. The molecule has 6 heteroatoms. The van der Waals surface area contributed by atoms with E-state index < -0.39 is 17.7 Å². The molecule has 0 radical (unpaired) electrons. The van der Waals surface area contributed by atoms with Gasteiger partial charge in [-0.1, -0.05) is 6.07 Å². The van der Waals surface area contributed by atoms with Gasteiger partial charge in [-0.25, -0.2) is 4.90 Å². The van der Waals surface area contributed by atoms with E-state index >= 15 is 0 Å². The molecule has 20 heavy (non-hydrogen) atoms. The van der Waals surface area contributed by atoms with Crippen LogP contribution in [-0.2, 0) is 0 Å². The average molecular weight is 286 g/mol. The van der Waals surface area contributed by atoms with Crippen LogP contribution in [0.3, 0.4) is 0 Å². The largest absolute Gasteiger partial charge is 0.398 e. The molecule has 0 fully saturated rings. The Kier molecular flexibility index (Phi) is 2.69. The van der Waals surface area contributed by atoms with Crippen molar-refractivity contribution < 1.29 is 14.4 Å².